The van der Waals surface area contributed by atoms with E-state index in [9.17, 15) is 14.4 Å². The van der Waals surface area contributed by atoms with Gasteiger partial charge in [-0.05, 0) is 55.1 Å². The van der Waals surface area contributed by atoms with Crippen LogP contribution in [-0.2, 0) is 6.54 Å². The van der Waals surface area contributed by atoms with Crippen molar-refractivity contribution in [3.8, 4) is 0 Å². The number of benzene rings is 2. The first-order valence-corrected chi connectivity index (χ1v) is 11.2. The first kappa shape index (κ1) is 23.2. The second-order valence-corrected chi connectivity index (χ2v) is 8.70. The smallest absolute Gasteiger partial charge is 0.268 e. The number of nitrogens with zero attached hydrogens (tertiary/aromatic N) is 2. The van der Waals surface area contributed by atoms with Gasteiger partial charge in [-0.3, -0.25) is 14.4 Å². The molecule has 1 N–H and O–H groups in total. The normalized spacial score (nSPS) is 10.7. The lowest BCUT2D eigenvalue weighted by atomic mass is 10.1. The van der Waals surface area contributed by atoms with E-state index in [4.69, 9.17) is 0 Å². The average molecular weight is 450 g/mol. The van der Waals surface area contributed by atoms with Crippen molar-refractivity contribution >= 4 is 34.7 Å². The van der Waals surface area contributed by atoms with Crippen LogP contribution in [0.2, 0.25) is 0 Å². The molecule has 0 saturated heterocycles. The second-order valence-electron chi connectivity index (χ2n) is 7.75. The molecule has 0 radical (unpaired) electrons. The average Bonchev–Trinajstić information content (AvgIpc) is 3.36. The minimum atomic E-state index is -0.272. The Kier molecular flexibility index (Phi) is 7.43. The highest BCUT2D eigenvalue weighted by Crippen LogP contribution is 2.23. The van der Waals surface area contributed by atoms with Crippen molar-refractivity contribution in [3.63, 3.8) is 0 Å². The van der Waals surface area contributed by atoms with E-state index < -0.39 is 0 Å². The van der Waals surface area contributed by atoms with Crippen LogP contribution >= 0.6 is 11.3 Å². The summed E-state index contributed by atoms with van der Waals surface area (Å²) in [5, 5.41) is 4.75. The Morgan fingerprint density at radius 1 is 0.906 bits per heavy atom. The fourth-order valence-corrected chi connectivity index (χ4v) is 3.81. The molecule has 0 fully saturated rings. The standard InChI is InChI=1S/C25H27N3O3S/c1-17(2)27(3)24(30)19-13-11-18(12-14-19)16-26-23(29)20-8-5-6-9-21(20)28(4)25(31)22-10-7-15-32-22/h5-15,17H,16H2,1-4H3,(H,26,29). The van der Waals surface area contributed by atoms with Crippen LogP contribution in [0.3, 0.4) is 0 Å². The Morgan fingerprint density at radius 3 is 2.22 bits per heavy atom. The molecule has 0 spiro atoms. The molecule has 0 unspecified atom stereocenters. The molecule has 0 aliphatic rings. The summed E-state index contributed by atoms with van der Waals surface area (Å²) < 4.78 is 0. The zero-order chi connectivity index (χ0) is 23.3. The molecule has 0 atom stereocenters. The van der Waals surface area contributed by atoms with E-state index in [0.717, 1.165) is 5.56 Å². The summed E-state index contributed by atoms with van der Waals surface area (Å²) >= 11 is 1.36. The Balaban J connectivity index is 1.68. The van der Waals surface area contributed by atoms with Crippen LogP contribution in [0.4, 0.5) is 5.69 Å². The van der Waals surface area contributed by atoms with Gasteiger partial charge in [0.2, 0.25) is 0 Å². The van der Waals surface area contributed by atoms with Crippen molar-refractivity contribution in [3.05, 3.63) is 87.6 Å². The highest BCUT2D eigenvalue weighted by molar-refractivity contribution is 7.12. The van der Waals surface area contributed by atoms with Crippen molar-refractivity contribution in [1.82, 2.24) is 10.2 Å². The van der Waals surface area contributed by atoms with E-state index in [0.29, 0.717) is 28.2 Å². The van der Waals surface area contributed by atoms with Crippen LogP contribution in [0.25, 0.3) is 0 Å². The third kappa shape index (κ3) is 5.23. The number of thiophene rings is 1. The van der Waals surface area contributed by atoms with E-state index >= 15 is 0 Å². The molecule has 3 rings (SSSR count). The van der Waals surface area contributed by atoms with Crippen molar-refractivity contribution in [2.75, 3.05) is 19.0 Å². The van der Waals surface area contributed by atoms with Crippen LogP contribution < -0.4 is 10.2 Å². The Labute approximate surface area is 192 Å². The van der Waals surface area contributed by atoms with Gasteiger partial charge in [-0.15, -0.1) is 11.3 Å². The van der Waals surface area contributed by atoms with Crippen LogP contribution in [0, 0.1) is 0 Å². The molecule has 2 aromatic carbocycles. The first-order chi connectivity index (χ1) is 15.3. The van der Waals surface area contributed by atoms with E-state index in [1.54, 1.807) is 61.5 Å². The molecule has 166 valence electrons. The molecule has 6 nitrogen and oxygen atoms in total. The lowest BCUT2D eigenvalue weighted by Crippen LogP contribution is -2.33. The molecular weight excluding hydrogens is 422 g/mol. The Bertz CT molecular complexity index is 1090. The first-order valence-electron chi connectivity index (χ1n) is 10.3. The van der Waals surface area contributed by atoms with Gasteiger partial charge in [0.05, 0.1) is 16.1 Å². The summed E-state index contributed by atoms with van der Waals surface area (Å²) in [4.78, 5) is 41.8. The fourth-order valence-electron chi connectivity index (χ4n) is 3.11. The van der Waals surface area contributed by atoms with Crippen LogP contribution in [-0.4, -0.2) is 42.8 Å². The predicted molar refractivity (Wildman–Crippen MR) is 128 cm³/mol. The van der Waals surface area contributed by atoms with Crippen LogP contribution in [0.15, 0.2) is 66.0 Å². The van der Waals surface area contributed by atoms with Gasteiger partial charge in [0, 0.05) is 32.2 Å². The molecule has 0 aliphatic carbocycles. The number of anilines is 1. The third-order valence-electron chi connectivity index (χ3n) is 5.30. The quantitative estimate of drug-likeness (QED) is 0.580. The molecule has 3 amide bonds. The monoisotopic (exact) mass is 449 g/mol. The lowest BCUT2D eigenvalue weighted by Gasteiger charge is -2.21. The van der Waals surface area contributed by atoms with Crippen molar-refractivity contribution in [1.29, 1.82) is 0 Å². The summed E-state index contributed by atoms with van der Waals surface area (Å²) in [7, 11) is 3.44. The molecule has 1 aromatic heterocycles. The lowest BCUT2D eigenvalue weighted by molar-refractivity contribution is 0.0754. The maximum Gasteiger partial charge on any atom is 0.268 e. The van der Waals surface area contributed by atoms with Crippen molar-refractivity contribution < 1.29 is 14.4 Å². The van der Waals surface area contributed by atoms with Gasteiger partial charge in [0.25, 0.3) is 17.7 Å². The van der Waals surface area contributed by atoms with Gasteiger partial charge in [0.1, 0.15) is 0 Å². The van der Waals surface area contributed by atoms with Crippen LogP contribution in [0.1, 0.15) is 49.8 Å². The van der Waals surface area contributed by atoms with Gasteiger partial charge in [-0.2, -0.15) is 0 Å². The van der Waals surface area contributed by atoms with Crippen LogP contribution in [0.5, 0.6) is 0 Å². The van der Waals surface area contributed by atoms with Gasteiger partial charge in [-0.25, -0.2) is 0 Å². The van der Waals surface area contributed by atoms with E-state index in [-0.39, 0.29) is 23.8 Å². The van der Waals surface area contributed by atoms with E-state index in [1.165, 1.54) is 16.2 Å². The summed E-state index contributed by atoms with van der Waals surface area (Å²) in [6.07, 6.45) is 0. The molecule has 32 heavy (non-hydrogen) atoms. The molecule has 3 aromatic rings. The molecule has 0 saturated carbocycles. The number of carbonyl (C=O) groups is 3. The topological polar surface area (TPSA) is 69.7 Å². The highest BCUT2D eigenvalue weighted by atomic mass is 32.1. The Hall–Kier alpha value is -3.45. The van der Waals surface area contributed by atoms with E-state index in [2.05, 4.69) is 5.32 Å². The van der Waals surface area contributed by atoms with Crippen molar-refractivity contribution in [2.24, 2.45) is 0 Å². The fraction of sp³-hybridized carbons (Fsp3) is 0.240. The number of hydrogen-bond donors (Lipinski definition) is 1. The number of rotatable bonds is 7. The highest BCUT2D eigenvalue weighted by Gasteiger charge is 2.20. The molecule has 7 heteroatoms. The number of nitrogens with one attached hydrogen (secondary N) is 1. The van der Waals surface area contributed by atoms with Gasteiger partial charge >= 0.3 is 0 Å². The van der Waals surface area contributed by atoms with Gasteiger partial charge in [-0.1, -0.05) is 30.3 Å². The second kappa shape index (κ2) is 10.2. The number of para-hydroxylation sites is 1. The zero-order valence-corrected chi connectivity index (χ0v) is 19.5. The van der Waals surface area contributed by atoms with Crippen molar-refractivity contribution in [2.45, 2.75) is 26.4 Å². The summed E-state index contributed by atoms with van der Waals surface area (Å²) in [6.45, 7) is 4.24. The van der Waals surface area contributed by atoms with Gasteiger partial charge < -0.3 is 15.1 Å². The minimum absolute atomic E-state index is 0.0389. The molecule has 0 bridgehead atoms. The van der Waals surface area contributed by atoms with E-state index in [1.807, 2.05) is 37.4 Å². The maximum atomic E-state index is 12.9. The number of hydrogen-bond acceptors (Lipinski definition) is 4. The largest absolute Gasteiger partial charge is 0.348 e. The number of carbonyl (C=O) groups excluding carboxylic acids is 3. The zero-order valence-electron chi connectivity index (χ0n) is 18.7. The Morgan fingerprint density at radius 2 is 1.59 bits per heavy atom. The third-order valence-corrected chi connectivity index (χ3v) is 6.15. The SMILES string of the molecule is CC(C)N(C)C(=O)c1ccc(CNC(=O)c2ccccc2N(C)C(=O)c2cccs2)cc1. The summed E-state index contributed by atoms with van der Waals surface area (Å²) in [5.41, 5.74) is 2.45. The minimum Gasteiger partial charge on any atom is -0.348 e. The molecule has 0 aliphatic heterocycles. The predicted octanol–water partition coefficient (Wildman–Crippen LogP) is 4.44. The number of amides is 3. The maximum absolute atomic E-state index is 12.9. The summed E-state index contributed by atoms with van der Waals surface area (Å²) in [6, 6.07) is 17.9. The molecule has 1 heterocycles. The molecular formula is C25H27N3O3S. The van der Waals surface area contributed by atoms with Gasteiger partial charge in [0.15, 0.2) is 0 Å². The summed E-state index contributed by atoms with van der Waals surface area (Å²) in [5.74, 6) is -0.471.